The molecule has 6 nitrogen and oxygen atoms in total. The molecular formula is C20H27N3O3. The fourth-order valence-electron chi connectivity index (χ4n) is 3.76. The Hall–Kier alpha value is -2.34. The Morgan fingerprint density at radius 1 is 1.31 bits per heavy atom. The molecule has 1 aromatic carbocycles. The first-order valence-electron chi connectivity index (χ1n) is 9.15. The highest BCUT2D eigenvalue weighted by Crippen LogP contribution is 2.29. The lowest BCUT2D eigenvalue weighted by Gasteiger charge is -2.35. The second-order valence-corrected chi connectivity index (χ2v) is 7.31. The normalized spacial score (nSPS) is 24.0. The van der Waals surface area contributed by atoms with Crippen molar-refractivity contribution in [2.24, 2.45) is 5.92 Å². The molecule has 2 amide bonds. The Morgan fingerprint density at radius 3 is 2.69 bits per heavy atom. The summed E-state index contributed by atoms with van der Waals surface area (Å²) in [6, 6.07) is 7.04. The summed E-state index contributed by atoms with van der Waals surface area (Å²) >= 11 is 0. The molecule has 26 heavy (non-hydrogen) atoms. The number of methoxy groups -OCH3 is 1. The lowest BCUT2D eigenvalue weighted by Crippen LogP contribution is -2.49. The number of benzene rings is 1. The quantitative estimate of drug-likeness (QED) is 0.813. The zero-order chi connectivity index (χ0) is 18.7. The van der Waals surface area contributed by atoms with Crippen LogP contribution in [-0.2, 0) is 9.53 Å². The summed E-state index contributed by atoms with van der Waals surface area (Å²) < 4.78 is 5.03. The number of rotatable bonds is 4. The largest absolute Gasteiger partial charge is 0.466 e. The Morgan fingerprint density at radius 2 is 2.04 bits per heavy atom. The van der Waals surface area contributed by atoms with Gasteiger partial charge in [0.2, 0.25) is 0 Å². The molecule has 3 rings (SSSR count). The smallest absolute Gasteiger partial charge is 0.338 e. The maximum atomic E-state index is 12.6. The van der Waals surface area contributed by atoms with Crippen LogP contribution >= 0.6 is 0 Å². The molecule has 2 N–H and O–H groups in total. The molecule has 1 saturated heterocycles. The maximum absolute atomic E-state index is 12.6. The second kappa shape index (κ2) is 7.91. The maximum Gasteiger partial charge on any atom is 0.338 e. The fourth-order valence-corrected chi connectivity index (χ4v) is 3.76. The van der Waals surface area contributed by atoms with Gasteiger partial charge in [-0.15, -0.1) is 0 Å². The molecule has 0 aromatic heterocycles. The van der Waals surface area contributed by atoms with Crippen molar-refractivity contribution < 1.29 is 14.3 Å². The number of likely N-dealkylation sites (tertiary alicyclic amines) is 1. The second-order valence-electron chi connectivity index (χ2n) is 7.31. The van der Waals surface area contributed by atoms with E-state index in [2.05, 4.69) is 22.5 Å². The van der Waals surface area contributed by atoms with Gasteiger partial charge < -0.3 is 15.4 Å². The zero-order valence-corrected chi connectivity index (χ0v) is 15.7. The Labute approximate surface area is 154 Å². The van der Waals surface area contributed by atoms with Gasteiger partial charge in [-0.1, -0.05) is 36.8 Å². The molecule has 6 heteroatoms. The van der Waals surface area contributed by atoms with E-state index in [9.17, 15) is 9.59 Å². The number of carbonyl (C=O) groups excluding carboxylic acids is 2. The number of aryl methyl sites for hydroxylation is 1. The highest BCUT2D eigenvalue weighted by molar-refractivity contribution is 5.95. The molecule has 1 fully saturated rings. The van der Waals surface area contributed by atoms with Crippen molar-refractivity contribution in [3.63, 3.8) is 0 Å². The third kappa shape index (κ3) is 4.07. The minimum Gasteiger partial charge on any atom is -0.466 e. The van der Waals surface area contributed by atoms with Gasteiger partial charge >= 0.3 is 12.0 Å². The van der Waals surface area contributed by atoms with Crippen molar-refractivity contribution in [3.8, 4) is 0 Å². The van der Waals surface area contributed by atoms with E-state index in [4.69, 9.17) is 4.74 Å². The van der Waals surface area contributed by atoms with Gasteiger partial charge in [-0.2, -0.15) is 0 Å². The van der Waals surface area contributed by atoms with Crippen LogP contribution < -0.4 is 10.6 Å². The molecule has 1 aromatic rings. The van der Waals surface area contributed by atoms with Crippen molar-refractivity contribution in [2.75, 3.05) is 26.7 Å². The number of amides is 2. The number of nitrogens with one attached hydrogen (secondary N) is 2. The van der Waals surface area contributed by atoms with Crippen LogP contribution in [0, 0.1) is 12.8 Å². The first-order valence-corrected chi connectivity index (χ1v) is 9.15. The average molecular weight is 357 g/mol. The molecule has 0 radical (unpaired) electrons. The molecule has 2 atom stereocenters. The summed E-state index contributed by atoms with van der Waals surface area (Å²) in [6.07, 6.45) is 2.36. The van der Waals surface area contributed by atoms with Crippen molar-refractivity contribution >= 4 is 12.0 Å². The van der Waals surface area contributed by atoms with E-state index in [1.54, 1.807) is 0 Å². The van der Waals surface area contributed by atoms with Crippen LogP contribution in [-0.4, -0.2) is 43.6 Å². The number of carbonyl (C=O) groups is 2. The Balaban J connectivity index is 1.95. The summed E-state index contributed by atoms with van der Waals surface area (Å²) in [4.78, 5) is 27.1. The predicted molar refractivity (Wildman–Crippen MR) is 99.5 cm³/mol. The summed E-state index contributed by atoms with van der Waals surface area (Å²) in [5, 5.41) is 5.71. The van der Waals surface area contributed by atoms with Crippen LogP contribution in [0.4, 0.5) is 4.79 Å². The van der Waals surface area contributed by atoms with Gasteiger partial charge in [-0.05, 0) is 37.8 Å². The van der Waals surface area contributed by atoms with Gasteiger partial charge in [-0.25, -0.2) is 9.59 Å². The molecule has 0 saturated carbocycles. The monoisotopic (exact) mass is 357 g/mol. The Bertz CT molecular complexity index is 712. The highest BCUT2D eigenvalue weighted by Gasteiger charge is 2.34. The van der Waals surface area contributed by atoms with E-state index in [1.165, 1.54) is 13.5 Å². The van der Waals surface area contributed by atoms with Crippen molar-refractivity contribution in [2.45, 2.75) is 32.7 Å². The SMILES string of the molecule is COC(=O)C1=C(CN2CCC[C@H](C)C2)NC(=O)N[C@H]1c1ccc(C)cc1. The molecule has 0 aliphatic carbocycles. The topological polar surface area (TPSA) is 70.7 Å². The van der Waals surface area contributed by atoms with Crippen LogP contribution in [0.2, 0.25) is 0 Å². The molecule has 2 aliphatic heterocycles. The number of urea groups is 1. The highest BCUT2D eigenvalue weighted by atomic mass is 16.5. The fraction of sp³-hybridized carbons (Fsp3) is 0.500. The molecule has 0 bridgehead atoms. The summed E-state index contributed by atoms with van der Waals surface area (Å²) in [5.74, 6) is 0.208. The number of hydrogen-bond acceptors (Lipinski definition) is 4. The zero-order valence-electron chi connectivity index (χ0n) is 15.7. The van der Waals surface area contributed by atoms with Crippen LogP contribution in [0.5, 0.6) is 0 Å². The van der Waals surface area contributed by atoms with Crippen molar-refractivity contribution in [1.82, 2.24) is 15.5 Å². The molecule has 140 valence electrons. The Kier molecular flexibility index (Phi) is 5.61. The molecular weight excluding hydrogens is 330 g/mol. The number of piperidine rings is 1. The third-order valence-electron chi connectivity index (χ3n) is 5.09. The summed E-state index contributed by atoms with van der Waals surface area (Å²) in [6.45, 7) is 6.73. The number of ether oxygens (including phenoxy) is 1. The molecule has 0 spiro atoms. The van der Waals surface area contributed by atoms with Crippen LogP contribution in [0.15, 0.2) is 35.5 Å². The number of esters is 1. The standard InChI is InChI=1S/C20H27N3O3/c1-13-6-8-15(9-7-13)18-17(19(24)26-3)16(21-20(25)22-18)12-23-10-4-5-14(2)11-23/h6-9,14,18H,4-5,10-12H2,1-3H3,(H2,21,22,25)/t14-,18-/m0/s1. The van der Waals surface area contributed by atoms with Gasteiger partial charge in [0.1, 0.15) is 0 Å². The van der Waals surface area contributed by atoms with E-state index in [0.717, 1.165) is 30.6 Å². The van der Waals surface area contributed by atoms with Crippen LogP contribution in [0.1, 0.15) is 36.9 Å². The molecule has 2 heterocycles. The van der Waals surface area contributed by atoms with Crippen LogP contribution in [0.25, 0.3) is 0 Å². The van der Waals surface area contributed by atoms with E-state index in [0.29, 0.717) is 23.7 Å². The summed E-state index contributed by atoms with van der Waals surface area (Å²) in [7, 11) is 1.37. The molecule has 2 aliphatic rings. The lowest BCUT2D eigenvalue weighted by molar-refractivity contribution is -0.136. The predicted octanol–water partition coefficient (Wildman–Crippen LogP) is 2.51. The first kappa shape index (κ1) is 18.5. The van der Waals surface area contributed by atoms with Gasteiger partial charge in [0, 0.05) is 18.8 Å². The minimum absolute atomic E-state index is 0.289. The lowest BCUT2D eigenvalue weighted by atomic mass is 9.93. The molecule has 0 unspecified atom stereocenters. The van der Waals surface area contributed by atoms with E-state index < -0.39 is 12.0 Å². The van der Waals surface area contributed by atoms with Crippen molar-refractivity contribution in [3.05, 3.63) is 46.7 Å². The van der Waals surface area contributed by atoms with Gasteiger partial charge in [-0.3, -0.25) is 4.90 Å². The number of nitrogens with zero attached hydrogens (tertiary/aromatic N) is 1. The summed E-state index contributed by atoms with van der Waals surface area (Å²) in [5.41, 5.74) is 3.12. The third-order valence-corrected chi connectivity index (χ3v) is 5.09. The van der Waals surface area contributed by atoms with E-state index >= 15 is 0 Å². The average Bonchev–Trinajstić information content (AvgIpc) is 2.61. The first-order chi connectivity index (χ1) is 12.5. The van der Waals surface area contributed by atoms with Crippen molar-refractivity contribution in [1.29, 1.82) is 0 Å². The van der Waals surface area contributed by atoms with E-state index in [1.807, 2.05) is 31.2 Å². The van der Waals surface area contributed by atoms with Gasteiger partial charge in [0.15, 0.2) is 0 Å². The minimum atomic E-state index is -0.506. The van der Waals surface area contributed by atoms with E-state index in [-0.39, 0.29) is 6.03 Å². The van der Waals surface area contributed by atoms with Gasteiger partial charge in [0.25, 0.3) is 0 Å². The van der Waals surface area contributed by atoms with Crippen LogP contribution in [0.3, 0.4) is 0 Å². The van der Waals surface area contributed by atoms with Gasteiger partial charge in [0.05, 0.1) is 18.7 Å². The number of hydrogen-bond donors (Lipinski definition) is 2.